The van der Waals surface area contributed by atoms with Gasteiger partial charge >= 0.3 is 5.97 Å². The molecule has 0 bridgehead atoms. The minimum atomic E-state index is -1.74. The number of rotatable bonds is 38. The Labute approximate surface area is 548 Å². The molecule has 1 aromatic heterocycles. The Bertz CT molecular complexity index is 2990. The molecule has 0 aliphatic carbocycles. The summed E-state index contributed by atoms with van der Waals surface area (Å²) in [4.78, 5) is 196. The van der Waals surface area contributed by atoms with Gasteiger partial charge in [0.2, 0.25) is 76.8 Å². The van der Waals surface area contributed by atoms with Crippen LogP contribution >= 0.6 is 0 Å². The van der Waals surface area contributed by atoms with E-state index in [1.165, 1.54) is 60.4 Å². The van der Waals surface area contributed by atoms with E-state index in [0.29, 0.717) is 36.9 Å². The van der Waals surface area contributed by atoms with Gasteiger partial charge in [-0.2, -0.15) is 0 Å². The third-order valence-electron chi connectivity index (χ3n) is 16.0. The summed E-state index contributed by atoms with van der Waals surface area (Å²) in [7, 11) is 0. The molecule has 35 heteroatoms. The minimum absolute atomic E-state index is 0.0302. The summed E-state index contributed by atoms with van der Waals surface area (Å²) in [6.45, 7) is 6.20. The van der Waals surface area contributed by atoms with E-state index in [9.17, 15) is 87.5 Å². The summed E-state index contributed by atoms with van der Waals surface area (Å²) in [5, 5.41) is 67.4. The number of carboxylic acid groups (broad SMARTS) is 1. The fraction of sp³-hybridized carbons (Fsp3) is 0.617. The normalized spacial score (nSPS) is 17.5. The van der Waals surface area contributed by atoms with E-state index >= 15 is 0 Å². The van der Waals surface area contributed by atoms with Crippen molar-refractivity contribution in [2.75, 3.05) is 52.4 Å². The number of hydrogen-bond acceptors (Lipinski definition) is 20. The Balaban J connectivity index is 1.38. The number of aromatic amines is 1. The molecule has 35 nitrogen and oxygen atoms in total. The van der Waals surface area contributed by atoms with E-state index in [-0.39, 0.29) is 63.9 Å². The van der Waals surface area contributed by atoms with Gasteiger partial charge in [0.1, 0.15) is 60.1 Å². The summed E-state index contributed by atoms with van der Waals surface area (Å²) in [5.74, 6) is -13.2. The molecule has 4 rings (SSSR count). The van der Waals surface area contributed by atoms with Gasteiger partial charge in [-0.3, -0.25) is 62.3 Å². The topological polar surface area (TPSA) is 539 Å². The van der Waals surface area contributed by atoms with Gasteiger partial charge in [0, 0.05) is 32.1 Å². The molecular weight excluding hydrogens is 1250 g/mol. The predicted octanol–water partition coefficient (Wildman–Crippen LogP) is -6.62. The molecule has 2 fully saturated rings. The van der Waals surface area contributed by atoms with Crippen molar-refractivity contribution in [2.45, 2.75) is 172 Å². The zero-order valence-corrected chi connectivity index (χ0v) is 54.2. The first-order valence-electron chi connectivity index (χ1n) is 31.5. The number of aromatic hydroxyl groups is 1. The number of aliphatic hydroxyl groups is 2. The predicted molar refractivity (Wildman–Crippen MR) is 336 cm³/mol. The average Bonchev–Trinajstić information content (AvgIpc) is 2.01. The molecule has 2 saturated heterocycles. The number of carboxylic acids is 1. The molecule has 0 unspecified atom stereocenters. The van der Waals surface area contributed by atoms with Gasteiger partial charge in [0.25, 0.3) is 0 Å². The number of H-pyrrole nitrogens is 1. The Morgan fingerprint density at radius 2 is 1.13 bits per heavy atom. The van der Waals surface area contributed by atoms with Gasteiger partial charge in [-0.25, -0.2) is 9.78 Å². The number of imidazole rings is 1. The zero-order chi connectivity index (χ0) is 70.6. The van der Waals surface area contributed by atoms with Crippen LogP contribution in [-0.2, 0) is 80.0 Å². The Hall–Kier alpha value is -9.35. The molecule has 2 aliphatic heterocycles. The Morgan fingerprint density at radius 1 is 0.579 bits per heavy atom. The van der Waals surface area contributed by atoms with E-state index in [1.807, 2.05) is 0 Å². The monoisotopic (exact) mass is 1340 g/mol. The molecule has 0 saturated carbocycles. The molecular formula is C60H93N17O18. The SMILES string of the molecule is CC[C@H](C)[C@H](NC(=O)CNC(=O)[C@H](Cc1c[nH]cn1)NC(=O)[C@@H]1CCCN1C(=O)CNC(=O)[C@@H]1CCCN1C(=O)[C@@H](NC(=O)CN)[C@@H](C)O)C(=O)N[C@H](C(=O)NCC(=O)N[C@@H](Cc1ccc(O)cc1)C(=O)N[C@@H](CCCCN)C(=O)NCC(=O)N[C@H](C(=O)O)C(C)C)[C@@H](C)O. The first-order valence-corrected chi connectivity index (χ1v) is 31.5. The first-order chi connectivity index (χ1) is 45.0. The maximum absolute atomic E-state index is 14.0. The number of aliphatic hydroxyl groups excluding tert-OH is 2. The molecule has 0 radical (unpaired) electrons. The number of unbranched alkanes of at least 4 members (excludes halogenated alkanes) is 1. The molecule has 13 amide bonds. The van der Waals surface area contributed by atoms with Gasteiger partial charge in [-0.05, 0) is 94.9 Å². The van der Waals surface area contributed by atoms with E-state index in [4.69, 9.17) is 11.5 Å². The Morgan fingerprint density at radius 3 is 1.67 bits per heavy atom. The zero-order valence-electron chi connectivity index (χ0n) is 54.2. The van der Waals surface area contributed by atoms with Crippen LogP contribution < -0.4 is 70.0 Å². The van der Waals surface area contributed by atoms with Crippen LogP contribution in [0.25, 0.3) is 0 Å². The van der Waals surface area contributed by atoms with E-state index in [2.05, 4.69) is 68.5 Å². The van der Waals surface area contributed by atoms with Crippen LogP contribution in [0.5, 0.6) is 5.75 Å². The lowest BCUT2D eigenvalue weighted by Crippen LogP contribution is -2.60. The van der Waals surface area contributed by atoms with Crippen molar-refractivity contribution >= 4 is 82.8 Å². The summed E-state index contributed by atoms with van der Waals surface area (Å²) < 4.78 is 0. The second-order valence-corrected chi connectivity index (χ2v) is 23.7. The van der Waals surface area contributed by atoms with Crippen molar-refractivity contribution in [1.29, 1.82) is 0 Å². The Kier molecular flexibility index (Phi) is 31.8. The second kappa shape index (κ2) is 38.7. The highest BCUT2D eigenvalue weighted by Crippen LogP contribution is 2.22. The minimum Gasteiger partial charge on any atom is -0.508 e. The van der Waals surface area contributed by atoms with Gasteiger partial charge in [-0.1, -0.05) is 46.2 Å². The second-order valence-electron chi connectivity index (χ2n) is 23.7. The lowest BCUT2D eigenvalue weighted by atomic mass is 9.97. The van der Waals surface area contributed by atoms with Gasteiger partial charge in [-0.15, -0.1) is 0 Å². The van der Waals surface area contributed by atoms with Gasteiger partial charge in [0.15, 0.2) is 0 Å². The van der Waals surface area contributed by atoms with E-state index in [0.717, 1.165) is 0 Å². The molecule has 95 heavy (non-hydrogen) atoms. The third-order valence-corrected chi connectivity index (χ3v) is 16.0. The van der Waals surface area contributed by atoms with Crippen LogP contribution in [0.2, 0.25) is 0 Å². The molecule has 2 aliphatic rings. The number of aliphatic carboxylic acids is 1. The fourth-order valence-corrected chi connectivity index (χ4v) is 10.4. The van der Waals surface area contributed by atoms with Crippen LogP contribution in [0, 0.1) is 11.8 Å². The third kappa shape index (κ3) is 24.8. The number of phenols is 1. The quantitative estimate of drug-likeness (QED) is 0.0278. The first kappa shape index (κ1) is 78.1. The number of nitrogens with zero attached hydrogens (tertiary/aromatic N) is 3. The van der Waals surface area contributed by atoms with Crippen molar-refractivity contribution in [3.63, 3.8) is 0 Å². The maximum Gasteiger partial charge on any atom is 0.326 e. The van der Waals surface area contributed by atoms with Gasteiger partial charge < -0.3 is 105 Å². The van der Waals surface area contributed by atoms with Gasteiger partial charge in [0.05, 0.1) is 57.0 Å². The van der Waals surface area contributed by atoms with Crippen LogP contribution in [0.4, 0.5) is 0 Å². The lowest BCUT2D eigenvalue weighted by molar-refractivity contribution is -0.144. The van der Waals surface area contributed by atoms with Crippen molar-refractivity contribution < 1.29 is 87.5 Å². The van der Waals surface area contributed by atoms with E-state index < -0.39 is 194 Å². The fourth-order valence-electron chi connectivity index (χ4n) is 10.4. The molecule has 0 spiro atoms. The highest BCUT2D eigenvalue weighted by Gasteiger charge is 2.41. The standard InChI is InChI=1S/C60H93N17O18/c1-7-32(4)49(58(92)75-50(33(5)78)57(91)66-26-44(82)69-39(22-35-15-17-37(80)18-16-35)54(88)70-38(12-8-9-19-61)52(86)64-27-45(83)73-48(31(2)3)60(94)95)74-46(84)28-65-53(87)40(23-36-25-63-30-68-36)71-56(90)42-14-10-20-76(42)47(85)29-67-55(89)41-13-11-21-77(41)59(93)51(34(6)79)72-43(81)24-62/h15-18,25,30-34,38-42,48-51,78-80H,7-14,19-24,26-29,61-62H2,1-6H3,(H,63,68)(H,64,86)(H,65,87)(H,66,91)(H,67,89)(H,69,82)(H,70,88)(H,71,90)(H,72,81)(H,73,83)(H,74,84)(H,75,92)(H,94,95)/t32-,33+,34+,38-,39-,40-,41-,42-,48-,49-,50-,51-/m0/s1. The molecule has 12 atom stereocenters. The van der Waals surface area contributed by atoms with Crippen molar-refractivity contribution in [3.05, 3.63) is 48.0 Å². The maximum atomic E-state index is 14.0. The number of nitrogens with two attached hydrogens (primary N) is 2. The number of carbonyl (C=O) groups excluding carboxylic acids is 13. The van der Waals surface area contributed by atoms with Crippen molar-refractivity contribution in [2.24, 2.45) is 23.3 Å². The van der Waals surface area contributed by atoms with Crippen LogP contribution in [0.15, 0.2) is 36.8 Å². The molecule has 1 aromatic carbocycles. The summed E-state index contributed by atoms with van der Waals surface area (Å²) in [6, 6.07) is -6.38. The number of nitrogens with one attached hydrogen (secondary N) is 12. The van der Waals surface area contributed by atoms with Crippen LogP contribution in [0.1, 0.15) is 104 Å². The number of benzene rings is 1. The van der Waals surface area contributed by atoms with E-state index in [1.54, 1.807) is 27.7 Å². The van der Waals surface area contributed by atoms with Crippen LogP contribution in [-0.4, -0.2) is 242 Å². The number of hydrogen-bond donors (Lipinski definition) is 18. The number of phenolic OH excluding ortho intramolecular Hbond substituents is 1. The molecule has 2 aromatic rings. The summed E-state index contributed by atoms with van der Waals surface area (Å²) in [5.41, 5.74) is 11.8. The number of amides is 13. The smallest absolute Gasteiger partial charge is 0.326 e. The molecule has 526 valence electrons. The average molecular weight is 1340 g/mol. The molecule has 20 N–H and O–H groups in total. The number of aromatic nitrogens is 2. The largest absolute Gasteiger partial charge is 0.508 e. The van der Waals surface area contributed by atoms with Crippen LogP contribution in [0.3, 0.4) is 0 Å². The summed E-state index contributed by atoms with van der Waals surface area (Å²) in [6.07, 6.45) is 1.76. The molecule has 3 heterocycles. The lowest BCUT2D eigenvalue weighted by Gasteiger charge is -2.30. The van der Waals surface area contributed by atoms with Crippen molar-refractivity contribution in [3.8, 4) is 5.75 Å². The summed E-state index contributed by atoms with van der Waals surface area (Å²) >= 11 is 0. The number of carbonyl (C=O) groups is 14. The number of likely N-dealkylation sites (tertiary alicyclic amines) is 2. The highest BCUT2D eigenvalue weighted by atomic mass is 16.4. The highest BCUT2D eigenvalue weighted by molar-refractivity contribution is 5.99. The van der Waals surface area contributed by atoms with Crippen molar-refractivity contribution in [1.82, 2.24) is 78.3 Å².